The third-order valence-corrected chi connectivity index (χ3v) is 4.51. The molecule has 96 valence electrons. The second-order valence-electron chi connectivity index (χ2n) is 4.07. The summed E-state index contributed by atoms with van der Waals surface area (Å²) in [5, 5.41) is 6.72. The number of thiophene rings is 1. The highest BCUT2D eigenvalue weighted by Gasteiger charge is 2.21. The number of nitrogens with two attached hydrogens (primary N) is 1. The Morgan fingerprint density at radius 3 is 2.68 bits per heavy atom. The molecule has 0 saturated carbocycles. The van der Waals surface area contributed by atoms with Crippen LogP contribution < -0.4 is 5.73 Å². The first kappa shape index (κ1) is 12.2. The van der Waals surface area contributed by atoms with E-state index in [9.17, 15) is 0 Å². The predicted molar refractivity (Wildman–Crippen MR) is 77.2 cm³/mol. The van der Waals surface area contributed by atoms with Crippen LogP contribution in [0.2, 0.25) is 5.02 Å². The molecular formula is C13H10ClN3OS. The van der Waals surface area contributed by atoms with Crippen LogP contribution in [-0.4, -0.2) is 10.1 Å². The molecule has 19 heavy (non-hydrogen) atoms. The largest absolute Gasteiger partial charge is 0.367 e. The number of aryl methyl sites for hydroxylation is 1. The van der Waals surface area contributed by atoms with Crippen LogP contribution in [0, 0.1) is 6.92 Å². The fourth-order valence-corrected chi connectivity index (χ4v) is 3.12. The van der Waals surface area contributed by atoms with Crippen LogP contribution in [0.15, 0.2) is 34.4 Å². The SMILES string of the molecule is Cc1csc(-c2noc(N)c2-c2ccncc2)c1Cl. The van der Waals surface area contributed by atoms with Gasteiger partial charge in [0.05, 0.1) is 15.5 Å². The maximum Gasteiger partial charge on any atom is 0.230 e. The van der Waals surface area contributed by atoms with Gasteiger partial charge in [0.1, 0.15) is 5.69 Å². The van der Waals surface area contributed by atoms with Crippen LogP contribution in [0.3, 0.4) is 0 Å². The molecule has 0 amide bonds. The van der Waals surface area contributed by atoms with Crippen LogP contribution in [-0.2, 0) is 0 Å². The van der Waals surface area contributed by atoms with Gasteiger partial charge in [0.2, 0.25) is 5.88 Å². The van der Waals surface area contributed by atoms with E-state index in [4.69, 9.17) is 21.9 Å². The molecule has 3 aromatic heterocycles. The van der Waals surface area contributed by atoms with E-state index >= 15 is 0 Å². The summed E-state index contributed by atoms with van der Waals surface area (Å²) >= 11 is 7.81. The quantitative estimate of drug-likeness (QED) is 0.775. The summed E-state index contributed by atoms with van der Waals surface area (Å²) in [6, 6.07) is 3.72. The Bertz CT molecular complexity index is 721. The zero-order chi connectivity index (χ0) is 13.4. The van der Waals surface area contributed by atoms with Gasteiger partial charge in [0, 0.05) is 12.4 Å². The van der Waals surface area contributed by atoms with Crippen LogP contribution in [0.1, 0.15) is 5.56 Å². The smallest absolute Gasteiger partial charge is 0.230 e. The number of rotatable bonds is 2. The van der Waals surface area contributed by atoms with E-state index in [2.05, 4.69) is 10.1 Å². The van der Waals surface area contributed by atoms with Crippen LogP contribution >= 0.6 is 22.9 Å². The molecule has 0 aliphatic heterocycles. The van der Waals surface area contributed by atoms with Gasteiger partial charge in [-0.15, -0.1) is 11.3 Å². The number of nitrogen functional groups attached to an aromatic ring is 1. The van der Waals surface area contributed by atoms with Crippen LogP contribution in [0.5, 0.6) is 0 Å². The highest BCUT2D eigenvalue weighted by molar-refractivity contribution is 7.14. The third kappa shape index (κ3) is 2.01. The van der Waals surface area contributed by atoms with Crippen molar-refractivity contribution < 1.29 is 4.52 Å². The first-order valence-corrected chi connectivity index (χ1v) is 6.83. The normalized spacial score (nSPS) is 10.8. The molecular weight excluding hydrogens is 282 g/mol. The van der Waals surface area contributed by atoms with Crippen molar-refractivity contribution in [2.24, 2.45) is 0 Å². The predicted octanol–water partition coefficient (Wildman–Crippen LogP) is 4.01. The number of hydrogen-bond donors (Lipinski definition) is 1. The van der Waals surface area contributed by atoms with Crippen molar-refractivity contribution in [3.8, 4) is 21.7 Å². The maximum absolute atomic E-state index is 6.29. The van der Waals surface area contributed by atoms with Gasteiger partial charge in [-0.3, -0.25) is 4.98 Å². The zero-order valence-corrected chi connectivity index (χ0v) is 11.6. The lowest BCUT2D eigenvalue weighted by Gasteiger charge is -2.01. The lowest BCUT2D eigenvalue weighted by molar-refractivity contribution is 0.439. The molecule has 0 unspecified atom stereocenters. The van der Waals surface area contributed by atoms with Crippen molar-refractivity contribution in [3.05, 3.63) is 40.5 Å². The number of pyridine rings is 1. The Balaban J connectivity index is 2.22. The fraction of sp³-hybridized carbons (Fsp3) is 0.0769. The van der Waals surface area contributed by atoms with E-state index in [1.54, 1.807) is 12.4 Å². The molecule has 0 aromatic carbocycles. The molecule has 0 saturated heterocycles. The molecule has 0 radical (unpaired) electrons. The molecule has 2 N–H and O–H groups in total. The number of anilines is 1. The lowest BCUT2D eigenvalue weighted by atomic mass is 10.1. The number of halogens is 1. The molecule has 3 aromatic rings. The molecule has 0 fully saturated rings. The average molecular weight is 292 g/mol. The molecule has 0 spiro atoms. The zero-order valence-electron chi connectivity index (χ0n) is 10.1. The summed E-state index contributed by atoms with van der Waals surface area (Å²) in [6.07, 6.45) is 3.40. The number of hydrogen-bond acceptors (Lipinski definition) is 5. The minimum absolute atomic E-state index is 0.281. The van der Waals surface area contributed by atoms with Gasteiger partial charge in [0.15, 0.2) is 0 Å². The van der Waals surface area contributed by atoms with Gasteiger partial charge in [-0.05, 0) is 35.6 Å². The molecule has 3 rings (SSSR count). The van der Waals surface area contributed by atoms with Gasteiger partial charge in [-0.2, -0.15) is 0 Å². The molecule has 3 heterocycles. The van der Waals surface area contributed by atoms with E-state index in [1.807, 2.05) is 24.4 Å². The lowest BCUT2D eigenvalue weighted by Crippen LogP contribution is -1.87. The molecule has 0 aliphatic rings. The van der Waals surface area contributed by atoms with Crippen molar-refractivity contribution in [1.82, 2.24) is 10.1 Å². The monoisotopic (exact) mass is 291 g/mol. The van der Waals surface area contributed by atoms with Crippen molar-refractivity contribution >= 4 is 28.8 Å². The first-order chi connectivity index (χ1) is 9.18. The Kier molecular flexibility index (Phi) is 3.00. The van der Waals surface area contributed by atoms with Crippen LogP contribution in [0.25, 0.3) is 21.7 Å². The van der Waals surface area contributed by atoms with Crippen molar-refractivity contribution in [2.45, 2.75) is 6.92 Å². The Morgan fingerprint density at radius 2 is 2.05 bits per heavy atom. The number of nitrogens with zero attached hydrogens (tertiary/aromatic N) is 2. The highest BCUT2D eigenvalue weighted by atomic mass is 35.5. The van der Waals surface area contributed by atoms with Gasteiger partial charge >= 0.3 is 0 Å². The molecule has 0 atom stereocenters. The van der Waals surface area contributed by atoms with Crippen molar-refractivity contribution in [1.29, 1.82) is 0 Å². The molecule has 6 heteroatoms. The summed E-state index contributed by atoms with van der Waals surface area (Å²) in [7, 11) is 0. The van der Waals surface area contributed by atoms with Crippen molar-refractivity contribution in [3.63, 3.8) is 0 Å². The van der Waals surface area contributed by atoms with Gasteiger partial charge in [0.25, 0.3) is 0 Å². The van der Waals surface area contributed by atoms with E-state index < -0.39 is 0 Å². The standard InChI is InChI=1S/C13H10ClN3OS/c1-7-6-19-12(10(7)14)11-9(13(15)18-17-11)8-2-4-16-5-3-8/h2-6H,15H2,1H3. The Morgan fingerprint density at radius 1 is 1.32 bits per heavy atom. The van der Waals surface area contributed by atoms with E-state index in [0.29, 0.717) is 10.7 Å². The highest BCUT2D eigenvalue weighted by Crippen LogP contribution is 2.42. The summed E-state index contributed by atoms with van der Waals surface area (Å²) in [6.45, 7) is 1.96. The topological polar surface area (TPSA) is 64.9 Å². The van der Waals surface area contributed by atoms with Gasteiger partial charge in [-0.1, -0.05) is 16.8 Å². The second-order valence-corrected chi connectivity index (χ2v) is 5.33. The average Bonchev–Trinajstić information content (AvgIpc) is 2.95. The third-order valence-electron chi connectivity index (χ3n) is 2.80. The maximum atomic E-state index is 6.29. The molecule has 0 bridgehead atoms. The van der Waals surface area contributed by atoms with Crippen LogP contribution in [0.4, 0.5) is 5.88 Å². The molecule has 0 aliphatic carbocycles. The summed E-state index contributed by atoms with van der Waals surface area (Å²) in [5.74, 6) is 0.281. The summed E-state index contributed by atoms with van der Waals surface area (Å²) < 4.78 is 5.12. The number of aromatic nitrogens is 2. The van der Waals surface area contributed by atoms with Gasteiger partial charge < -0.3 is 10.3 Å². The minimum atomic E-state index is 0.281. The molecule has 4 nitrogen and oxygen atoms in total. The van der Waals surface area contributed by atoms with E-state index in [-0.39, 0.29) is 5.88 Å². The fourth-order valence-electron chi connectivity index (χ4n) is 1.84. The van der Waals surface area contributed by atoms with E-state index in [1.165, 1.54) is 11.3 Å². The second kappa shape index (κ2) is 4.68. The van der Waals surface area contributed by atoms with Crippen molar-refractivity contribution in [2.75, 3.05) is 5.73 Å². The summed E-state index contributed by atoms with van der Waals surface area (Å²) in [4.78, 5) is 4.86. The van der Waals surface area contributed by atoms with Gasteiger partial charge in [-0.25, -0.2) is 0 Å². The Labute approximate surface area is 118 Å². The first-order valence-electron chi connectivity index (χ1n) is 5.58. The summed E-state index contributed by atoms with van der Waals surface area (Å²) in [5.41, 5.74) is 9.23. The Hall–Kier alpha value is -1.85. The van der Waals surface area contributed by atoms with E-state index in [0.717, 1.165) is 21.6 Å². The minimum Gasteiger partial charge on any atom is -0.367 e.